The minimum atomic E-state index is -3.60. The smallest absolute Gasteiger partial charge is 0.254 e. The van der Waals surface area contributed by atoms with E-state index in [1.165, 1.54) is 12.1 Å². The number of hydrogen-bond acceptors (Lipinski definition) is 6. The number of aryl methyl sites for hydroxylation is 2. The summed E-state index contributed by atoms with van der Waals surface area (Å²) in [6.07, 6.45) is 0. The van der Waals surface area contributed by atoms with E-state index in [0.717, 1.165) is 30.1 Å². The van der Waals surface area contributed by atoms with Gasteiger partial charge in [0, 0.05) is 44.4 Å². The van der Waals surface area contributed by atoms with Crippen LogP contribution in [0.2, 0.25) is 0 Å². The van der Waals surface area contributed by atoms with Crippen molar-refractivity contribution in [3.05, 3.63) is 46.8 Å². The number of rotatable bonds is 6. The van der Waals surface area contributed by atoms with E-state index in [-0.39, 0.29) is 10.8 Å². The molecule has 3 rings (SSSR count). The van der Waals surface area contributed by atoms with Gasteiger partial charge in [-0.25, -0.2) is 13.1 Å². The van der Waals surface area contributed by atoms with E-state index in [1.807, 2.05) is 19.9 Å². The first kappa shape index (κ1) is 20.5. The van der Waals surface area contributed by atoms with Gasteiger partial charge in [-0.05, 0) is 31.5 Å². The molecule has 2 heterocycles. The molecule has 1 aromatic heterocycles. The second-order valence-electron chi connectivity index (χ2n) is 6.98. The van der Waals surface area contributed by atoms with Crippen LogP contribution in [-0.2, 0) is 16.6 Å². The molecule has 1 aliphatic rings. The number of carbonyl (C=O) groups is 1. The zero-order chi connectivity index (χ0) is 20.3. The summed E-state index contributed by atoms with van der Waals surface area (Å²) in [5.41, 5.74) is 2.05. The van der Waals surface area contributed by atoms with Gasteiger partial charge in [-0.1, -0.05) is 18.1 Å². The molecule has 1 N–H and O–H groups in total. The highest BCUT2D eigenvalue weighted by Crippen LogP contribution is 2.19. The predicted octanol–water partition coefficient (Wildman–Crippen LogP) is 1.55. The Morgan fingerprint density at radius 1 is 1.18 bits per heavy atom. The van der Waals surface area contributed by atoms with Gasteiger partial charge in [-0.2, -0.15) is 0 Å². The van der Waals surface area contributed by atoms with E-state index in [9.17, 15) is 13.2 Å². The van der Waals surface area contributed by atoms with Gasteiger partial charge >= 0.3 is 0 Å². The standard InChI is InChI=1S/C19H26N4O4S/c1-4-20-28(25,26)17-6-5-14(2)18(12-17)19(24)23-9-7-22(8-10-23)13-16-11-15(3)21-27-16/h5-6,11-12,20H,4,7-10,13H2,1-3H3. The molecule has 1 aliphatic heterocycles. The molecular weight excluding hydrogens is 380 g/mol. The van der Waals surface area contributed by atoms with Crippen molar-refractivity contribution in [1.29, 1.82) is 0 Å². The summed E-state index contributed by atoms with van der Waals surface area (Å²) < 4.78 is 32.2. The monoisotopic (exact) mass is 406 g/mol. The van der Waals surface area contributed by atoms with Crippen molar-refractivity contribution in [1.82, 2.24) is 19.7 Å². The lowest BCUT2D eigenvalue weighted by Crippen LogP contribution is -2.48. The van der Waals surface area contributed by atoms with E-state index < -0.39 is 10.0 Å². The van der Waals surface area contributed by atoms with Gasteiger partial charge in [0.15, 0.2) is 5.76 Å². The van der Waals surface area contributed by atoms with Crippen LogP contribution in [0.5, 0.6) is 0 Å². The lowest BCUT2D eigenvalue weighted by Gasteiger charge is -2.34. The Bertz CT molecular complexity index is 947. The number of carbonyl (C=O) groups excluding carboxylic acids is 1. The highest BCUT2D eigenvalue weighted by Gasteiger charge is 2.25. The largest absolute Gasteiger partial charge is 0.360 e. The third kappa shape index (κ3) is 4.60. The van der Waals surface area contributed by atoms with Crippen molar-refractivity contribution in [3.63, 3.8) is 0 Å². The zero-order valence-corrected chi connectivity index (χ0v) is 17.3. The van der Waals surface area contributed by atoms with Crippen LogP contribution in [0.3, 0.4) is 0 Å². The highest BCUT2D eigenvalue weighted by atomic mass is 32.2. The Morgan fingerprint density at radius 2 is 1.89 bits per heavy atom. The van der Waals surface area contributed by atoms with Crippen LogP contribution < -0.4 is 4.72 Å². The van der Waals surface area contributed by atoms with Gasteiger partial charge < -0.3 is 9.42 Å². The van der Waals surface area contributed by atoms with Crippen LogP contribution in [0, 0.1) is 13.8 Å². The Hall–Kier alpha value is -2.23. The first-order valence-corrected chi connectivity index (χ1v) is 10.8. The SMILES string of the molecule is CCNS(=O)(=O)c1ccc(C)c(C(=O)N2CCN(Cc3cc(C)no3)CC2)c1. The molecule has 0 unspecified atom stereocenters. The maximum Gasteiger partial charge on any atom is 0.254 e. The third-order valence-corrected chi connectivity index (χ3v) is 6.34. The fraction of sp³-hybridized carbons (Fsp3) is 0.474. The van der Waals surface area contributed by atoms with Crippen LogP contribution in [0.1, 0.15) is 34.3 Å². The Balaban J connectivity index is 1.68. The fourth-order valence-electron chi connectivity index (χ4n) is 3.26. The maximum atomic E-state index is 13.0. The van der Waals surface area contributed by atoms with E-state index in [2.05, 4.69) is 14.8 Å². The average Bonchev–Trinajstić information content (AvgIpc) is 3.06. The molecule has 152 valence electrons. The molecule has 9 heteroatoms. The summed E-state index contributed by atoms with van der Waals surface area (Å²) in [7, 11) is -3.60. The summed E-state index contributed by atoms with van der Waals surface area (Å²) in [5, 5.41) is 3.90. The van der Waals surface area contributed by atoms with Gasteiger partial charge in [0.05, 0.1) is 17.1 Å². The maximum absolute atomic E-state index is 13.0. The van der Waals surface area contributed by atoms with E-state index in [1.54, 1.807) is 17.9 Å². The summed E-state index contributed by atoms with van der Waals surface area (Å²) in [5.74, 6) is 0.677. The summed E-state index contributed by atoms with van der Waals surface area (Å²) in [6, 6.07) is 6.60. The van der Waals surface area contributed by atoms with Crippen molar-refractivity contribution >= 4 is 15.9 Å². The lowest BCUT2D eigenvalue weighted by atomic mass is 10.1. The molecule has 1 aromatic carbocycles. The predicted molar refractivity (Wildman–Crippen MR) is 104 cm³/mol. The van der Waals surface area contributed by atoms with Crippen LogP contribution in [-0.4, -0.2) is 62.0 Å². The molecule has 1 amide bonds. The molecule has 0 aliphatic carbocycles. The summed E-state index contributed by atoms with van der Waals surface area (Å²) in [4.78, 5) is 17.1. The highest BCUT2D eigenvalue weighted by molar-refractivity contribution is 7.89. The van der Waals surface area contributed by atoms with E-state index >= 15 is 0 Å². The molecular formula is C19H26N4O4S. The second-order valence-corrected chi connectivity index (χ2v) is 8.75. The molecule has 0 radical (unpaired) electrons. The Morgan fingerprint density at radius 3 is 2.50 bits per heavy atom. The Labute approximate surface area is 165 Å². The number of sulfonamides is 1. The van der Waals surface area contributed by atoms with Crippen molar-refractivity contribution in [2.45, 2.75) is 32.2 Å². The molecule has 0 bridgehead atoms. The average molecular weight is 407 g/mol. The molecule has 0 atom stereocenters. The summed E-state index contributed by atoms with van der Waals surface area (Å²) >= 11 is 0. The number of nitrogens with zero attached hydrogens (tertiary/aromatic N) is 3. The molecule has 0 saturated carbocycles. The van der Waals surface area contributed by atoms with Gasteiger partial charge in [0.25, 0.3) is 5.91 Å². The topological polar surface area (TPSA) is 95.8 Å². The first-order valence-electron chi connectivity index (χ1n) is 9.34. The number of hydrogen-bond donors (Lipinski definition) is 1. The van der Waals surface area contributed by atoms with E-state index in [0.29, 0.717) is 31.7 Å². The molecule has 1 fully saturated rings. The van der Waals surface area contributed by atoms with Crippen molar-refractivity contribution in [3.8, 4) is 0 Å². The lowest BCUT2D eigenvalue weighted by molar-refractivity contribution is 0.0616. The quantitative estimate of drug-likeness (QED) is 0.782. The zero-order valence-electron chi connectivity index (χ0n) is 16.4. The number of benzene rings is 1. The molecule has 8 nitrogen and oxygen atoms in total. The van der Waals surface area contributed by atoms with Gasteiger partial charge in [-0.3, -0.25) is 9.69 Å². The second kappa shape index (κ2) is 8.42. The minimum absolute atomic E-state index is 0.114. The van der Waals surface area contributed by atoms with Gasteiger partial charge in [0.1, 0.15) is 0 Å². The van der Waals surface area contributed by atoms with Crippen LogP contribution in [0.4, 0.5) is 0 Å². The van der Waals surface area contributed by atoms with Crippen LogP contribution >= 0.6 is 0 Å². The first-order chi connectivity index (χ1) is 13.3. The summed E-state index contributed by atoms with van der Waals surface area (Å²) in [6.45, 7) is 8.99. The van der Waals surface area contributed by atoms with Crippen LogP contribution in [0.15, 0.2) is 33.7 Å². The van der Waals surface area contributed by atoms with E-state index in [4.69, 9.17) is 4.52 Å². The number of amides is 1. The molecule has 0 spiro atoms. The third-order valence-electron chi connectivity index (χ3n) is 4.80. The van der Waals surface area contributed by atoms with Crippen molar-refractivity contribution in [2.24, 2.45) is 0 Å². The van der Waals surface area contributed by atoms with Gasteiger partial charge in [-0.15, -0.1) is 0 Å². The fourth-order valence-corrected chi connectivity index (χ4v) is 4.33. The Kier molecular flexibility index (Phi) is 6.17. The van der Waals surface area contributed by atoms with Gasteiger partial charge in [0.2, 0.25) is 10.0 Å². The number of nitrogens with one attached hydrogen (secondary N) is 1. The van der Waals surface area contributed by atoms with Crippen molar-refractivity contribution < 1.29 is 17.7 Å². The number of piperazine rings is 1. The minimum Gasteiger partial charge on any atom is -0.360 e. The molecule has 28 heavy (non-hydrogen) atoms. The van der Waals surface area contributed by atoms with Crippen molar-refractivity contribution in [2.75, 3.05) is 32.7 Å². The molecule has 1 saturated heterocycles. The van der Waals surface area contributed by atoms with Crippen LogP contribution in [0.25, 0.3) is 0 Å². The molecule has 2 aromatic rings. The number of aromatic nitrogens is 1. The normalized spacial score (nSPS) is 15.8.